The Bertz CT molecular complexity index is 1350. The maximum atomic E-state index is 13.2. The third kappa shape index (κ3) is 7.30. The summed E-state index contributed by atoms with van der Waals surface area (Å²) in [4.78, 5) is 16.8. The van der Waals surface area contributed by atoms with Gasteiger partial charge in [0.1, 0.15) is 11.5 Å². The molecule has 1 amide bonds. The maximum Gasteiger partial charge on any atom is 0.282 e. The minimum atomic E-state index is -3.54. The van der Waals surface area contributed by atoms with Crippen LogP contribution in [0.2, 0.25) is 5.02 Å². The smallest absolute Gasteiger partial charge is 0.282 e. The summed E-state index contributed by atoms with van der Waals surface area (Å²) in [5.74, 6) is 1.41. The Labute approximate surface area is 241 Å². The van der Waals surface area contributed by atoms with Crippen LogP contribution in [0.15, 0.2) is 78.9 Å². The van der Waals surface area contributed by atoms with Gasteiger partial charge in [-0.1, -0.05) is 41.9 Å². The summed E-state index contributed by atoms with van der Waals surface area (Å²) in [7, 11) is -3.54. The van der Waals surface area contributed by atoms with Crippen molar-refractivity contribution in [1.82, 2.24) is 18.4 Å². The highest BCUT2D eigenvalue weighted by atomic mass is 35.5. The molecule has 0 saturated carbocycles. The molecule has 208 valence electrons. The van der Waals surface area contributed by atoms with Crippen molar-refractivity contribution in [2.45, 2.75) is 6.54 Å². The van der Waals surface area contributed by atoms with Crippen LogP contribution in [0.1, 0.15) is 15.9 Å². The van der Waals surface area contributed by atoms with E-state index in [1.54, 1.807) is 28.6 Å². The first kappa shape index (κ1) is 29.3. The van der Waals surface area contributed by atoms with Gasteiger partial charge in [0.05, 0.1) is 0 Å². The Morgan fingerprint density at radius 1 is 0.769 bits per heavy atom. The zero-order chi connectivity index (χ0) is 26.5. The SMILES string of the molecule is Cl.O=C(c1ccc(Cl)cc1)N1CCN(CCN2CCN(Cc3cccc(Oc4ccccc4)c3)S2(=O)=O)CC1. The van der Waals surface area contributed by atoms with Gasteiger partial charge in [-0.05, 0) is 54.1 Å². The molecule has 2 aliphatic heterocycles. The average molecular weight is 592 g/mol. The molecule has 3 aromatic carbocycles. The quantitative estimate of drug-likeness (QED) is 0.389. The van der Waals surface area contributed by atoms with E-state index in [0.717, 1.165) is 11.3 Å². The van der Waals surface area contributed by atoms with Crippen LogP contribution < -0.4 is 4.74 Å². The first-order valence-corrected chi connectivity index (χ1v) is 14.5. The fourth-order valence-corrected chi connectivity index (χ4v) is 6.44. The van der Waals surface area contributed by atoms with E-state index in [9.17, 15) is 13.2 Å². The second kappa shape index (κ2) is 13.1. The lowest BCUT2D eigenvalue weighted by Crippen LogP contribution is -2.50. The molecule has 2 heterocycles. The van der Waals surface area contributed by atoms with Gasteiger partial charge in [-0.15, -0.1) is 12.4 Å². The molecule has 0 aromatic heterocycles. The van der Waals surface area contributed by atoms with Crippen molar-refractivity contribution < 1.29 is 17.9 Å². The zero-order valence-electron chi connectivity index (χ0n) is 21.5. The standard InChI is InChI=1S/C28H31ClN4O4S.ClH/c29-25-11-9-24(10-12-25)28(34)31-16-13-30(14-17-31)15-18-32-19-20-33(38(32,35)36)22-23-5-4-8-27(21-23)37-26-6-2-1-3-7-26;/h1-12,21H,13-20,22H2;1H. The molecule has 5 rings (SSSR count). The van der Waals surface area contributed by atoms with Crippen LogP contribution in [-0.4, -0.2) is 85.1 Å². The summed E-state index contributed by atoms with van der Waals surface area (Å²) in [6.45, 7) is 4.95. The normalized spacial score (nSPS) is 18.0. The topological polar surface area (TPSA) is 73.4 Å². The van der Waals surface area contributed by atoms with Gasteiger partial charge in [-0.3, -0.25) is 9.69 Å². The Morgan fingerprint density at radius 3 is 2.15 bits per heavy atom. The number of ether oxygens (including phenoxy) is 1. The monoisotopic (exact) mass is 590 g/mol. The molecular formula is C28H32Cl2N4O4S. The first-order valence-electron chi connectivity index (χ1n) is 12.7. The molecule has 0 N–H and O–H groups in total. The molecule has 0 unspecified atom stereocenters. The van der Waals surface area contributed by atoms with Crippen LogP contribution in [0.5, 0.6) is 11.5 Å². The Balaban J connectivity index is 0.00000353. The average Bonchev–Trinajstić information content (AvgIpc) is 3.21. The summed E-state index contributed by atoms with van der Waals surface area (Å²) >= 11 is 5.93. The van der Waals surface area contributed by atoms with Gasteiger partial charge in [-0.25, -0.2) is 0 Å². The molecule has 0 spiro atoms. The fourth-order valence-electron chi connectivity index (χ4n) is 4.74. The molecular weight excluding hydrogens is 559 g/mol. The van der Waals surface area contributed by atoms with E-state index in [1.807, 2.05) is 59.5 Å². The molecule has 8 nitrogen and oxygen atoms in total. The Hall–Kier alpha value is -2.66. The number of amides is 1. The summed E-state index contributed by atoms with van der Waals surface area (Å²) in [5, 5.41) is 0.604. The zero-order valence-corrected chi connectivity index (χ0v) is 23.9. The van der Waals surface area contributed by atoms with Gasteiger partial charge in [0.25, 0.3) is 16.1 Å². The number of para-hydroxylation sites is 1. The fraction of sp³-hybridized carbons (Fsp3) is 0.321. The number of rotatable bonds is 8. The molecule has 2 aliphatic rings. The highest BCUT2D eigenvalue weighted by molar-refractivity contribution is 7.87. The van der Waals surface area contributed by atoms with Crippen molar-refractivity contribution in [3.63, 3.8) is 0 Å². The molecule has 0 aliphatic carbocycles. The van der Waals surface area contributed by atoms with E-state index in [-0.39, 0.29) is 18.3 Å². The highest BCUT2D eigenvalue weighted by Gasteiger charge is 2.36. The lowest BCUT2D eigenvalue weighted by molar-refractivity contribution is 0.0633. The minimum absolute atomic E-state index is 0. The third-order valence-electron chi connectivity index (χ3n) is 6.90. The second-order valence-electron chi connectivity index (χ2n) is 9.44. The molecule has 3 aromatic rings. The van der Waals surface area contributed by atoms with E-state index in [2.05, 4.69) is 4.90 Å². The van der Waals surface area contributed by atoms with Crippen LogP contribution in [0, 0.1) is 0 Å². The van der Waals surface area contributed by atoms with Gasteiger partial charge in [0, 0.05) is 69.5 Å². The minimum Gasteiger partial charge on any atom is -0.457 e. The van der Waals surface area contributed by atoms with Crippen molar-refractivity contribution in [3.05, 3.63) is 95.0 Å². The second-order valence-corrected chi connectivity index (χ2v) is 11.8. The number of hydrogen-bond acceptors (Lipinski definition) is 5. The summed E-state index contributed by atoms with van der Waals surface area (Å²) in [5.41, 5.74) is 1.51. The summed E-state index contributed by atoms with van der Waals surface area (Å²) in [6.07, 6.45) is 0. The molecule has 0 atom stereocenters. The van der Waals surface area contributed by atoms with Gasteiger partial charge in [-0.2, -0.15) is 17.0 Å². The summed E-state index contributed by atoms with van der Waals surface area (Å²) in [6, 6.07) is 24.0. The van der Waals surface area contributed by atoms with Crippen LogP contribution in [-0.2, 0) is 16.8 Å². The van der Waals surface area contributed by atoms with Gasteiger partial charge >= 0.3 is 0 Å². The predicted molar refractivity (Wildman–Crippen MR) is 155 cm³/mol. The summed E-state index contributed by atoms with van der Waals surface area (Å²) < 4.78 is 35.4. The van der Waals surface area contributed by atoms with E-state index in [0.29, 0.717) is 75.2 Å². The van der Waals surface area contributed by atoms with E-state index < -0.39 is 10.2 Å². The van der Waals surface area contributed by atoms with Crippen molar-refractivity contribution in [2.75, 3.05) is 52.4 Å². The molecule has 2 saturated heterocycles. The third-order valence-corrected chi connectivity index (χ3v) is 9.14. The largest absolute Gasteiger partial charge is 0.457 e. The van der Waals surface area contributed by atoms with E-state index in [1.165, 1.54) is 4.31 Å². The number of carbonyl (C=O) groups excluding carboxylic acids is 1. The van der Waals surface area contributed by atoms with Gasteiger partial charge in [0.2, 0.25) is 0 Å². The number of hydrogen-bond donors (Lipinski definition) is 0. The van der Waals surface area contributed by atoms with Crippen LogP contribution in [0.25, 0.3) is 0 Å². The Kier molecular flexibility index (Phi) is 9.87. The number of halogens is 2. The van der Waals surface area contributed by atoms with Crippen molar-refractivity contribution in [3.8, 4) is 11.5 Å². The number of benzene rings is 3. The van der Waals surface area contributed by atoms with Crippen LogP contribution >= 0.6 is 24.0 Å². The van der Waals surface area contributed by atoms with Crippen molar-refractivity contribution in [1.29, 1.82) is 0 Å². The highest BCUT2D eigenvalue weighted by Crippen LogP contribution is 2.25. The first-order chi connectivity index (χ1) is 18.4. The molecule has 39 heavy (non-hydrogen) atoms. The van der Waals surface area contributed by atoms with Gasteiger partial charge in [0.15, 0.2) is 0 Å². The number of carbonyl (C=O) groups is 1. The van der Waals surface area contributed by atoms with Crippen LogP contribution in [0.4, 0.5) is 0 Å². The van der Waals surface area contributed by atoms with Gasteiger partial charge < -0.3 is 9.64 Å². The molecule has 0 bridgehead atoms. The van der Waals surface area contributed by atoms with Crippen molar-refractivity contribution in [2.24, 2.45) is 0 Å². The number of piperazine rings is 1. The predicted octanol–water partition coefficient (Wildman–Crippen LogP) is 4.37. The molecule has 2 fully saturated rings. The maximum absolute atomic E-state index is 13.2. The number of nitrogens with zero attached hydrogens (tertiary/aromatic N) is 4. The Morgan fingerprint density at radius 2 is 1.44 bits per heavy atom. The van der Waals surface area contributed by atoms with Crippen molar-refractivity contribution >= 4 is 40.1 Å². The van der Waals surface area contributed by atoms with E-state index >= 15 is 0 Å². The lowest BCUT2D eigenvalue weighted by atomic mass is 10.2. The van der Waals surface area contributed by atoms with E-state index in [4.69, 9.17) is 16.3 Å². The van der Waals surface area contributed by atoms with Crippen LogP contribution in [0.3, 0.4) is 0 Å². The lowest BCUT2D eigenvalue weighted by Gasteiger charge is -2.35. The molecule has 0 radical (unpaired) electrons. The molecule has 11 heteroatoms.